The molecule has 0 N–H and O–H groups in total. The van der Waals surface area contributed by atoms with Crippen LogP contribution in [0.3, 0.4) is 0 Å². The first kappa shape index (κ1) is 11.7. The number of furan rings is 1. The lowest BCUT2D eigenvalue weighted by Crippen LogP contribution is -1.80. The van der Waals surface area contributed by atoms with Crippen molar-refractivity contribution in [1.29, 1.82) is 0 Å². The zero-order valence-corrected chi connectivity index (χ0v) is 12.1. The number of aromatic nitrogens is 2. The summed E-state index contributed by atoms with van der Waals surface area (Å²) in [6, 6.07) is 11.2. The first-order valence-corrected chi connectivity index (χ1v) is 6.66. The number of benzene rings is 1. The van der Waals surface area contributed by atoms with Gasteiger partial charge in [0.2, 0.25) is 5.82 Å². The van der Waals surface area contributed by atoms with E-state index in [2.05, 4.69) is 42.0 Å². The summed E-state index contributed by atoms with van der Waals surface area (Å²) in [5.41, 5.74) is 0.880. The van der Waals surface area contributed by atoms with E-state index in [0.717, 1.165) is 10.0 Å². The highest BCUT2D eigenvalue weighted by Crippen LogP contribution is 2.26. The van der Waals surface area contributed by atoms with Crippen molar-refractivity contribution in [3.63, 3.8) is 0 Å². The van der Waals surface area contributed by atoms with Crippen molar-refractivity contribution in [2.75, 3.05) is 0 Å². The summed E-state index contributed by atoms with van der Waals surface area (Å²) in [6.45, 7) is 0. The second-order valence-corrected chi connectivity index (χ2v) is 5.23. The molecule has 18 heavy (non-hydrogen) atoms. The monoisotopic (exact) mass is 368 g/mol. The molecule has 2 heterocycles. The third-order valence-corrected chi connectivity index (χ3v) is 3.21. The molecule has 3 rings (SSSR count). The molecule has 0 spiro atoms. The van der Waals surface area contributed by atoms with Crippen molar-refractivity contribution in [3.8, 4) is 23.0 Å². The van der Waals surface area contributed by atoms with Crippen LogP contribution in [0.1, 0.15) is 0 Å². The van der Waals surface area contributed by atoms with Crippen LogP contribution in [0.15, 0.2) is 54.5 Å². The lowest BCUT2D eigenvalue weighted by molar-refractivity contribution is 0.414. The Morgan fingerprint density at radius 2 is 1.94 bits per heavy atom. The summed E-state index contributed by atoms with van der Waals surface area (Å²) in [5, 5.41) is 3.93. The predicted octanol–water partition coefficient (Wildman–Crippen LogP) is 4.52. The van der Waals surface area contributed by atoms with Gasteiger partial charge >= 0.3 is 0 Å². The van der Waals surface area contributed by atoms with Gasteiger partial charge in [-0.25, -0.2) is 0 Å². The maximum atomic E-state index is 5.35. The third-order valence-electron chi connectivity index (χ3n) is 2.29. The minimum absolute atomic E-state index is 0.357. The van der Waals surface area contributed by atoms with Gasteiger partial charge in [0.15, 0.2) is 10.4 Å². The Balaban J connectivity index is 1.99. The topological polar surface area (TPSA) is 52.1 Å². The van der Waals surface area contributed by atoms with Crippen LogP contribution in [-0.2, 0) is 0 Å². The Labute approximate surface area is 119 Å². The summed E-state index contributed by atoms with van der Waals surface area (Å²) >= 11 is 6.63. The standard InChI is InChI=1S/C12H6Br2N2O2/c13-8-3-1-2-7(6-8)11-15-12(18-16-11)9-4-5-10(14)17-9/h1-6H. The van der Waals surface area contributed by atoms with Gasteiger partial charge in [0, 0.05) is 10.0 Å². The van der Waals surface area contributed by atoms with E-state index in [1.54, 1.807) is 12.1 Å². The molecule has 0 bridgehead atoms. The van der Waals surface area contributed by atoms with Gasteiger partial charge in [-0.1, -0.05) is 33.2 Å². The van der Waals surface area contributed by atoms with Crippen LogP contribution in [0, 0.1) is 0 Å². The second kappa shape index (κ2) is 4.70. The molecule has 0 aliphatic rings. The average molecular weight is 370 g/mol. The van der Waals surface area contributed by atoms with Crippen molar-refractivity contribution in [2.24, 2.45) is 0 Å². The smallest absolute Gasteiger partial charge is 0.293 e. The molecular formula is C12H6Br2N2O2. The molecule has 1 aromatic carbocycles. The fourth-order valence-electron chi connectivity index (χ4n) is 1.50. The normalized spacial score (nSPS) is 10.8. The van der Waals surface area contributed by atoms with Crippen LogP contribution >= 0.6 is 31.9 Å². The van der Waals surface area contributed by atoms with E-state index >= 15 is 0 Å². The lowest BCUT2D eigenvalue weighted by Gasteiger charge is -1.93. The molecule has 0 amide bonds. The third kappa shape index (κ3) is 2.26. The Kier molecular flexibility index (Phi) is 3.05. The summed E-state index contributed by atoms with van der Waals surface area (Å²) in [6.07, 6.45) is 0. The molecule has 0 fully saturated rings. The number of nitrogens with zero attached hydrogens (tertiary/aromatic N) is 2. The molecule has 0 radical (unpaired) electrons. The summed E-state index contributed by atoms with van der Waals surface area (Å²) in [7, 11) is 0. The lowest BCUT2D eigenvalue weighted by atomic mass is 10.2. The van der Waals surface area contributed by atoms with Crippen LogP contribution in [0.4, 0.5) is 0 Å². The van der Waals surface area contributed by atoms with Crippen molar-refractivity contribution in [2.45, 2.75) is 0 Å². The van der Waals surface area contributed by atoms with Gasteiger partial charge in [0.05, 0.1) is 0 Å². The highest BCUT2D eigenvalue weighted by molar-refractivity contribution is 9.10. The summed E-state index contributed by atoms with van der Waals surface area (Å²) < 4.78 is 12.1. The predicted molar refractivity (Wildman–Crippen MR) is 72.8 cm³/mol. The first-order chi connectivity index (χ1) is 8.72. The molecule has 0 saturated heterocycles. The molecule has 6 heteroatoms. The fraction of sp³-hybridized carbons (Fsp3) is 0. The van der Waals surface area contributed by atoms with Crippen LogP contribution in [0.25, 0.3) is 23.0 Å². The Morgan fingerprint density at radius 3 is 2.67 bits per heavy atom. The second-order valence-electron chi connectivity index (χ2n) is 3.54. The number of hydrogen-bond donors (Lipinski definition) is 0. The van der Waals surface area contributed by atoms with Crippen molar-refractivity contribution < 1.29 is 8.94 Å². The summed E-state index contributed by atoms with van der Waals surface area (Å²) in [5.74, 6) is 1.42. The fourth-order valence-corrected chi connectivity index (χ4v) is 2.20. The van der Waals surface area contributed by atoms with Crippen molar-refractivity contribution in [3.05, 3.63) is 45.5 Å². The van der Waals surface area contributed by atoms with E-state index in [9.17, 15) is 0 Å². The maximum absolute atomic E-state index is 5.35. The molecule has 2 aromatic heterocycles. The molecule has 0 aliphatic heterocycles. The van der Waals surface area contributed by atoms with Crippen LogP contribution in [0.5, 0.6) is 0 Å². The molecular weight excluding hydrogens is 364 g/mol. The van der Waals surface area contributed by atoms with Gasteiger partial charge in [0.25, 0.3) is 5.89 Å². The molecule has 0 saturated carbocycles. The van der Waals surface area contributed by atoms with Gasteiger partial charge < -0.3 is 8.94 Å². The molecule has 0 aliphatic carbocycles. The highest BCUT2D eigenvalue weighted by Gasteiger charge is 2.13. The Morgan fingerprint density at radius 1 is 1.06 bits per heavy atom. The van der Waals surface area contributed by atoms with Gasteiger partial charge in [-0.05, 0) is 40.2 Å². The van der Waals surface area contributed by atoms with Gasteiger partial charge in [-0.3, -0.25) is 0 Å². The minimum atomic E-state index is 0.357. The first-order valence-electron chi connectivity index (χ1n) is 5.08. The van der Waals surface area contributed by atoms with Crippen LogP contribution in [-0.4, -0.2) is 10.1 Å². The zero-order valence-electron chi connectivity index (χ0n) is 8.93. The van der Waals surface area contributed by atoms with E-state index < -0.39 is 0 Å². The van der Waals surface area contributed by atoms with Gasteiger partial charge in [0.1, 0.15) is 0 Å². The number of halogens is 2. The number of rotatable bonds is 2. The molecule has 90 valence electrons. The Bertz CT molecular complexity index is 691. The van der Waals surface area contributed by atoms with E-state index in [1.165, 1.54) is 0 Å². The van der Waals surface area contributed by atoms with E-state index in [0.29, 0.717) is 22.1 Å². The highest BCUT2D eigenvalue weighted by atomic mass is 79.9. The Hall–Kier alpha value is -1.40. The zero-order chi connectivity index (χ0) is 12.5. The largest absolute Gasteiger partial charge is 0.444 e. The van der Waals surface area contributed by atoms with Gasteiger partial charge in [-0.15, -0.1) is 0 Å². The van der Waals surface area contributed by atoms with Crippen LogP contribution in [0.2, 0.25) is 0 Å². The van der Waals surface area contributed by atoms with Crippen molar-refractivity contribution >= 4 is 31.9 Å². The molecule has 0 atom stereocenters. The maximum Gasteiger partial charge on any atom is 0.293 e. The molecule has 4 nitrogen and oxygen atoms in total. The minimum Gasteiger partial charge on any atom is -0.444 e. The quantitative estimate of drug-likeness (QED) is 0.666. The van der Waals surface area contributed by atoms with E-state index in [-0.39, 0.29) is 0 Å². The van der Waals surface area contributed by atoms with Gasteiger partial charge in [-0.2, -0.15) is 4.98 Å². The molecule has 3 aromatic rings. The van der Waals surface area contributed by atoms with E-state index in [4.69, 9.17) is 8.94 Å². The van der Waals surface area contributed by atoms with Crippen LogP contribution < -0.4 is 0 Å². The average Bonchev–Trinajstić information content (AvgIpc) is 2.97. The summed E-state index contributed by atoms with van der Waals surface area (Å²) in [4.78, 5) is 4.29. The van der Waals surface area contributed by atoms with E-state index in [1.807, 2.05) is 24.3 Å². The molecule has 0 unspecified atom stereocenters. The SMILES string of the molecule is Brc1cccc(-c2noc(-c3ccc(Br)o3)n2)c1. The number of hydrogen-bond acceptors (Lipinski definition) is 4. The van der Waals surface area contributed by atoms with Crippen molar-refractivity contribution in [1.82, 2.24) is 10.1 Å².